The molecule has 2 aromatic heterocycles. The van der Waals surface area contributed by atoms with Crippen molar-refractivity contribution < 1.29 is 4.79 Å². The average Bonchev–Trinajstić information content (AvgIpc) is 3.12. The molecule has 146 valence electrons. The predicted octanol–water partition coefficient (Wildman–Crippen LogP) is 3.49. The maximum Gasteiger partial charge on any atom is 0.264 e. The summed E-state index contributed by atoms with van der Waals surface area (Å²) in [6, 6.07) is 12.9. The normalized spacial score (nSPS) is 11.0. The van der Waals surface area contributed by atoms with Crippen molar-refractivity contribution in [3.63, 3.8) is 0 Å². The van der Waals surface area contributed by atoms with Crippen molar-refractivity contribution in [1.82, 2.24) is 19.3 Å². The molecule has 0 saturated carbocycles. The van der Waals surface area contributed by atoms with E-state index in [2.05, 4.69) is 15.4 Å². The summed E-state index contributed by atoms with van der Waals surface area (Å²) >= 11 is 6.04. The van der Waals surface area contributed by atoms with Gasteiger partial charge in [-0.2, -0.15) is 5.10 Å². The molecule has 0 spiro atoms. The van der Waals surface area contributed by atoms with Crippen LogP contribution in [0.2, 0.25) is 5.02 Å². The van der Waals surface area contributed by atoms with E-state index in [9.17, 15) is 9.59 Å². The van der Waals surface area contributed by atoms with Crippen molar-refractivity contribution in [1.29, 1.82) is 0 Å². The molecule has 0 radical (unpaired) electrons. The minimum absolute atomic E-state index is 0.141. The quantitative estimate of drug-likeness (QED) is 0.561. The van der Waals surface area contributed by atoms with E-state index in [1.54, 1.807) is 22.9 Å². The lowest BCUT2D eigenvalue weighted by Gasteiger charge is -2.10. The lowest BCUT2D eigenvalue weighted by atomic mass is 10.1. The Kier molecular flexibility index (Phi) is 4.90. The number of halogens is 1. The standard InChI is InChI=1S/C21H18ClN5O2/c1-13-6-7-14(2)18(8-13)25-19(28)11-26-12-23-20-17(21(26)29)10-24-27(20)16-5-3-4-15(22)9-16/h3-10,12H,11H2,1-2H3,(H,25,28). The number of nitrogens with zero attached hydrogens (tertiary/aromatic N) is 4. The van der Waals surface area contributed by atoms with E-state index < -0.39 is 0 Å². The number of nitrogens with one attached hydrogen (secondary N) is 1. The van der Waals surface area contributed by atoms with Crippen molar-refractivity contribution >= 4 is 34.2 Å². The van der Waals surface area contributed by atoms with Crippen LogP contribution in [0.4, 0.5) is 5.69 Å². The zero-order chi connectivity index (χ0) is 20.5. The molecule has 4 aromatic rings. The van der Waals surface area contributed by atoms with E-state index in [1.807, 2.05) is 38.1 Å². The van der Waals surface area contributed by atoms with E-state index in [0.29, 0.717) is 21.7 Å². The second-order valence-electron chi connectivity index (χ2n) is 6.82. The van der Waals surface area contributed by atoms with E-state index >= 15 is 0 Å². The maximum absolute atomic E-state index is 12.8. The van der Waals surface area contributed by atoms with Crippen LogP contribution in [0.15, 0.2) is 59.8 Å². The Morgan fingerprint density at radius 1 is 1.17 bits per heavy atom. The average molecular weight is 408 g/mol. The van der Waals surface area contributed by atoms with Crippen molar-refractivity contribution in [3.8, 4) is 5.69 Å². The number of hydrogen-bond acceptors (Lipinski definition) is 4. The second-order valence-corrected chi connectivity index (χ2v) is 7.25. The molecule has 7 nitrogen and oxygen atoms in total. The summed E-state index contributed by atoms with van der Waals surface area (Å²) in [4.78, 5) is 29.6. The van der Waals surface area contributed by atoms with Gasteiger partial charge < -0.3 is 5.32 Å². The van der Waals surface area contributed by atoms with Crippen LogP contribution < -0.4 is 10.9 Å². The smallest absolute Gasteiger partial charge is 0.264 e. The number of aromatic nitrogens is 4. The van der Waals surface area contributed by atoms with Crippen LogP contribution in [0, 0.1) is 13.8 Å². The van der Waals surface area contributed by atoms with E-state index in [0.717, 1.165) is 16.8 Å². The third-order valence-corrected chi connectivity index (χ3v) is 4.82. The molecule has 0 aliphatic carbocycles. The van der Waals surface area contributed by atoms with Gasteiger partial charge in [0.1, 0.15) is 18.3 Å². The molecule has 0 aliphatic rings. The predicted molar refractivity (Wildman–Crippen MR) is 113 cm³/mol. The Hall–Kier alpha value is -3.45. The topological polar surface area (TPSA) is 81.8 Å². The first-order valence-corrected chi connectivity index (χ1v) is 9.36. The summed E-state index contributed by atoms with van der Waals surface area (Å²) in [5.41, 5.74) is 3.49. The highest BCUT2D eigenvalue weighted by atomic mass is 35.5. The van der Waals surface area contributed by atoms with Gasteiger partial charge in [0.05, 0.1) is 11.9 Å². The molecule has 8 heteroatoms. The molecular weight excluding hydrogens is 390 g/mol. The minimum Gasteiger partial charge on any atom is -0.324 e. The number of fused-ring (bicyclic) bond motifs is 1. The highest BCUT2D eigenvalue weighted by molar-refractivity contribution is 6.30. The molecule has 0 fully saturated rings. The highest BCUT2D eigenvalue weighted by Crippen LogP contribution is 2.18. The molecule has 1 amide bonds. The first kappa shape index (κ1) is 18.9. The number of aryl methyl sites for hydroxylation is 2. The lowest BCUT2D eigenvalue weighted by Crippen LogP contribution is -2.28. The number of rotatable bonds is 4. The monoisotopic (exact) mass is 407 g/mol. The van der Waals surface area contributed by atoms with Gasteiger partial charge in [0, 0.05) is 10.7 Å². The van der Waals surface area contributed by atoms with E-state index in [4.69, 9.17) is 11.6 Å². The molecule has 29 heavy (non-hydrogen) atoms. The summed E-state index contributed by atoms with van der Waals surface area (Å²) < 4.78 is 2.82. The van der Waals surface area contributed by atoms with Gasteiger partial charge in [-0.05, 0) is 49.2 Å². The summed E-state index contributed by atoms with van der Waals surface area (Å²) in [7, 11) is 0. The number of amides is 1. The Labute approximate surface area is 171 Å². The largest absolute Gasteiger partial charge is 0.324 e. The Morgan fingerprint density at radius 2 is 2.00 bits per heavy atom. The van der Waals surface area contributed by atoms with Gasteiger partial charge in [-0.3, -0.25) is 14.2 Å². The molecule has 2 heterocycles. The van der Waals surface area contributed by atoms with Crippen LogP contribution in [0.25, 0.3) is 16.7 Å². The van der Waals surface area contributed by atoms with Gasteiger partial charge in [0.15, 0.2) is 5.65 Å². The molecule has 0 unspecified atom stereocenters. The Bertz CT molecular complexity index is 1290. The minimum atomic E-state index is -0.334. The molecule has 0 aliphatic heterocycles. The third-order valence-electron chi connectivity index (χ3n) is 4.59. The van der Waals surface area contributed by atoms with Gasteiger partial charge in [0.2, 0.25) is 5.91 Å². The summed E-state index contributed by atoms with van der Waals surface area (Å²) in [6.07, 6.45) is 2.81. The lowest BCUT2D eigenvalue weighted by molar-refractivity contribution is -0.116. The summed E-state index contributed by atoms with van der Waals surface area (Å²) in [5, 5.41) is 7.99. The maximum atomic E-state index is 12.8. The fourth-order valence-corrected chi connectivity index (χ4v) is 3.26. The summed E-state index contributed by atoms with van der Waals surface area (Å²) in [6.45, 7) is 3.73. The fraction of sp³-hybridized carbons (Fsp3) is 0.143. The van der Waals surface area contributed by atoms with Gasteiger partial charge in [-0.1, -0.05) is 29.8 Å². The van der Waals surface area contributed by atoms with Gasteiger partial charge >= 0.3 is 0 Å². The number of anilines is 1. The van der Waals surface area contributed by atoms with E-state index in [-0.39, 0.29) is 18.0 Å². The molecule has 2 aromatic carbocycles. The molecule has 0 bridgehead atoms. The molecule has 4 rings (SSSR count). The van der Waals surface area contributed by atoms with Crippen molar-refractivity contribution in [2.24, 2.45) is 0 Å². The number of hydrogen-bond donors (Lipinski definition) is 1. The Balaban J connectivity index is 1.62. The zero-order valence-corrected chi connectivity index (χ0v) is 16.6. The number of benzene rings is 2. The first-order chi connectivity index (χ1) is 13.9. The molecule has 0 saturated heterocycles. The van der Waals surface area contributed by atoms with E-state index in [1.165, 1.54) is 17.1 Å². The molecule has 1 N–H and O–H groups in total. The summed E-state index contributed by atoms with van der Waals surface area (Å²) in [5.74, 6) is -0.302. The number of carbonyl (C=O) groups is 1. The Morgan fingerprint density at radius 3 is 2.79 bits per heavy atom. The second kappa shape index (κ2) is 7.52. The van der Waals surface area contributed by atoms with Crippen LogP contribution in [0.3, 0.4) is 0 Å². The van der Waals surface area contributed by atoms with Crippen LogP contribution in [0.1, 0.15) is 11.1 Å². The molecular formula is C21H18ClN5O2. The van der Waals surface area contributed by atoms with Gasteiger partial charge in [-0.25, -0.2) is 9.67 Å². The van der Waals surface area contributed by atoms with Crippen molar-refractivity contribution in [2.75, 3.05) is 5.32 Å². The van der Waals surface area contributed by atoms with Gasteiger partial charge in [0.25, 0.3) is 5.56 Å². The fourth-order valence-electron chi connectivity index (χ4n) is 3.07. The SMILES string of the molecule is Cc1ccc(C)c(NC(=O)Cn2cnc3c(cnn3-c3cccc(Cl)c3)c2=O)c1. The first-order valence-electron chi connectivity index (χ1n) is 8.98. The third kappa shape index (κ3) is 3.77. The highest BCUT2D eigenvalue weighted by Gasteiger charge is 2.14. The van der Waals surface area contributed by atoms with Crippen LogP contribution in [-0.2, 0) is 11.3 Å². The molecule has 0 atom stereocenters. The number of carbonyl (C=O) groups excluding carboxylic acids is 1. The van der Waals surface area contributed by atoms with Crippen molar-refractivity contribution in [2.45, 2.75) is 20.4 Å². The zero-order valence-electron chi connectivity index (χ0n) is 15.9. The van der Waals surface area contributed by atoms with Crippen LogP contribution >= 0.6 is 11.6 Å². The van der Waals surface area contributed by atoms with Gasteiger partial charge in [-0.15, -0.1) is 0 Å². The van der Waals surface area contributed by atoms with Crippen molar-refractivity contribution in [3.05, 3.63) is 81.5 Å². The van der Waals surface area contributed by atoms with Crippen LogP contribution in [0.5, 0.6) is 0 Å². The van der Waals surface area contributed by atoms with Crippen LogP contribution in [-0.4, -0.2) is 25.2 Å².